The van der Waals surface area contributed by atoms with Crippen LogP contribution in [-0.2, 0) is 65.2 Å². The van der Waals surface area contributed by atoms with E-state index < -0.39 is 119 Å². The number of hydrogen-bond acceptors (Lipinski definition) is 19. The van der Waals surface area contributed by atoms with E-state index in [9.17, 15) is 39.3 Å². The van der Waals surface area contributed by atoms with Gasteiger partial charge in [0, 0.05) is 62.7 Å². The first-order valence-electron chi connectivity index (χ1n) is 27.9. The Labute approximate surface area is 459 Å². The van der Waals surface area contributed by atoms with Crippen LogP contribution in [-0.4, -0.2) is 192 Å². The van der Waals surface area contributed by atoms with Crippen molar-refractivity contribution in [2.24, 2.45) is 17.8 Å². The van der Waals surface area contributed by atoms with E-state index in [1.807, 2.05) is 84.6 Å². The van der Waals surface area contributed by atoms with Crippen LogP contribution in [0.2, 0.25) is 0 Å². The van der Waals surface area contributed by atoms with Gasteiger partial charge in [-0.2, -0.15) is 0 Å². The molecule has 0 unspecified atom stereocenters. The number of nitrogens with zero attached hydrogens (tertiary/aromatic N) is 3. The minimum absolute atomic E-state index is 0.0408. The molecule has 4 aliphatic heterocycles. The van der Waals surface area contributed by atoms with Gasteiger partial charge in [0.25, 0.3) is 0 Å². The topological polar surface area (TPSA) is 253 Å². The molecule has 21 heteroatoms. The Hall–Kier alpha value is -4.29. The van der Waals surface area contributed by atoms with Gasteiger partial charge in [0.05, 0.1) is 47.9 Å². The van der Waals surface area contributed by atoms with Gasteiger partial charge in [-0.15, -0.1) is 0 Å². The van der Waals surface area contributed by atoms with Gasteiger partial charge in [-0.05, 0) is 139 Å². The van der Waals surface area contributed by atoms with Crippen molar-refractivity contribution in [3.05, 3.63) is 45.7 Å². The quantitative estimate of drug-likeness (QED) is 0.0893. The lowest BCUT2D eigenvalue weighted by molar-refractivity contribution is -0.318. The zero-order chi connectivity index (χ0) is 57.8. The van der Waals surface area contributed by atoms with E-state index in [1.165, 1.54) is 13.3 Å². The van der Waals surface area contributed by atoms with Crippen molar-refractivity contribution in [2.45, 2.75) is 218 Å². The lowest BCUT2D eigenvalue weighted by Crippen LogP contribution is -2.61. The van der Waals surface area contributed by atoms with Crippen molar-refractivity contribution in [3.8, 4) is 0 Å². The van der Waals surface area contributed by atoms with Crippen molar-refractivity contribution in [1.82, 2.24) is 19.7 Å². The lowest BCUT2D eigenvalue weighted by atomic mass is 9.77. The summed E-state index contributed by atoms with van der Waals surface area (Å²) in [4.78, 5) is 70.0. The average Bonchev–Trinajstić information content (AvgIpc) is 3.73. The predicted octanol–water partition coefficient (Wildman–Crippen LogP) is 5.28. The molecular formula is C57H90N4O17. The number of carbonyl (C=O) groups excluding carboxylic acids is 3. The summed E-state index contributed by atoms with van der Waals surface area (Å²) in [7, 11) is 7.17. The van der Waals surface area contributed by atoms with E-state index in [2.05, 4.69) is 5.32 Å². The highest BCUT2D eigenvalue weighted by atomic mass is 16.8. The number of hydrogen-bond donors (Lipinski definition) is 4. The first-order valence-corrected chi connectivity index (χ1v) is 27.9. The van der Waals surface area contributed by atoms with E-state index >= 15 is 0 Å². The summed E-state index contributed by atoms with van der Waals surface area (Å²) in [6.45, 7) is 21.8. The highest BCUT2D eigenvalue weighted by Gasteiger charge is 2.58. The molecule has 78 heavy (non-hydrogen) atoms. The summed E-state index contributed by atoms with van der Waals surface area (Å²) < 4.78 is 58.8. The molecule has 0 radical (unpaired) electrons. The monoisotopic (exact) mass is 1100 g/mol. The van der Waals surface area contributed by atoms with Gasteiger partial charge < -0.3 is 72.7 Å². The highest BCUT2D eigenvalue weighted by Crippen LogP contribution is 2.42. The fourth-order valence-corrected chi connectivity index (χ4v) is 12.5. The third-order valence-corrected chi connectivity index (χ3v) is 16.9. The second kappa shape index (κ2) is 26.1. The molecule has 440 valence electrons. The maximum Gasteiger partial charge on any atom is 0.509 e. The van der Waals surface area contributed by atoms with E-state index in [1.54, 1.807) is 45.3 Å². The van der Waals surface area contributed by atoms with E-state index in [0.29, 0.717) is 56.3 Å². The molecule has 0 amide bonds. The SMILES string of the molecule is CC[C@H]1OC(=O)[C@H](C)[C@H](O[C@@H]2C[C@](C)(OC)[C@H](OC(=O)CCNCCCc3ccc4c(c3)c(=O)c(C(=O)O)cn4CC)[C@H](C)O2)[C@H](C)[C@H](O[C@@H]2O[C@H](C)C[C@H](N(C)C)[C@@H]2O)[C@](C)(O)C[C@@H](C)CN(C)[C@@H](C)[C@H]2OC(=O)O[C@]21C. The Morgan fingerprint density at radius 1 is 0.949 bits per heavy atom. The number of ether oxygens (including phenoxy) is 9. The number of aliphatic hydroxyl groups excluding tert-OH is 1. The van der Waals surface area contributed by atoms with Gasteiger partial charge in [0.15, 0.2) is 30.4 Å². The Morgan fingerprint density at radius 3 is 2.29 bits per heavy atom. The number of carboxylic acids is 1. The molecule has 18 atom stereocenters. The molecule has 0 spiro atoms. The maximum absolute atomic E-state index is 14.8. The zero-order valence-electron chi connectivity index (χ0n) is 48.6. The number of aliphatic hydroxyl groups is 2. The molecule has 4 fully saturated rings. The maximum atomic E-state index is 14.8. The first-order chi connectivity index (χ1) is 36.6. The molecule has 0 aliphatic carbocycles. The van der Waals surface area contributed by atoms with E-state index in [0.717, 1.165) is 5.56 Å². The molecule has 0 saturated carbocycles. The van der Waals surface area contributed by atoms with Gasteiger partial charge >= 0.3 is 24.1 Å². The Morgan fingerprint density at radius 2 is 1.65 bits per heavy atom. The third kappa shape index (κ3) is 14.1. The highest BCUT2D eigenvalue weighted by molar-refractivity contribution is 5.92. The van der Waals surface area contributed by atoms with Crippen LogP contribution >= 0.6 is 0 Å². The number of aryl methyl sites for hydroxylation is 2. The summed E-state index contributed by atoms with van der Waals surface area (Å²) in [5.41, 5.74) is -3.37. The third-order valence-electron chi connectivity index (χ3n) is 16.9. The Kier molecular flexibility index (Phi) is 21.0. The van der Waals surface area contributed by atoms with Gasteiger partial charge in [0.1, 0.15) is 23.4 Å². The standard InChI is InChI=1S/C57H90N4O17/c1-16-42-57(11)49(77-54(68)78-57)35(7)60(14)29-31(3)27-55(9,69)48(76-53-46(64)41(59(12)13)25-32(4)71-53)33(5)47(34(6)52(67)73-42)75-44-28-56(10,70-15)50(36(8)72-44)74-43(62)22-24-58-23-18-19-37-20-21-40-38(26-37)45(63)39(51(65)66)30-61(40)17-2/h20-21,26,30-36,41-42,44,46-50,53,58,64,69H,16-19,22-25,27-29H2,1-15H3,(H,65,66)/t31-,32-,33+,34-,35+,36+,41+,42-,44-,46+,47-,48+,49-,50-,53+,55-,56+,57+/m1/s1. The number of cyclic esters (lactones) is 1. The van der Waals surface area contributed by atoms with Crippen LogP contribution in [0.5, 0.6) is 0 Å². The van der Waals surface area contributed by atoms with Crippen molar-refractivity contribution in [3.63, 3.8) is 0 Å². The number of likely N-dealkylation sites (N-methyl/N-ethyl adjacent to an activating group) is 2. The summed E-state index contributed by atoms with van der Waals surface area (Å²) in [5.74, 6) is -4.50. The van der Waals surface area contributed by atoms with Gasteiger partial charge in [-0.25, -0.2) is 9.59 Å². The smallest absolute Gasteiger partial charge is 0.477 e. The number of pyridine rings is 1. The number of methoxy groups -OCH3 is 1. The molecule has 4 aliphatic rings. The molecule has 4 saturated heterocycles. The van der Waals surface area contributed by atoms with E-state index in [4.69, 9.17) is 42.6 Å². The average molecular weight is 1100 g/mol. The van der Waals surface area contributed by atoms with Gasteiger partial charge in [-0.3, -0.25) is 19.3 Å². The van der Waals surface area contributed by atoms with Crippen LogP contribution in [0.4, 0.5) is 4.79 Å². The molecule has 6 rings (SSSR count). The number of carbonyl (C=O) groups is 4. The zero-order valence-corrected chi connectivity index (χ0v) is 48.6. The predicted molar refractivity (Wildman–Crippen MR) is 288 cm³/mol. The van der Waals surface area contributed by atoms with Crippen LogP contribution in [0.25, 0.3) is 10.9 Å². The number of carboxylic acid groups (broad SMARTS) is 1. The number of fused-ring (bicyclic) bond motifs is 2. The lowest BCUT2D eigenvalue weighted by Gasteiger charge is -2.49. The van der Waals surface area contributed by atoms with Crippen LogP contribution in [0.15, 0.2) is 29.2 Å². The number of aromatic carboxylic acids is 1. The number of esters is 2. The molecule has 5 heterocycles. The summed E-state index contributed by atoms with van der Waals surface area (Å²) >= 11 is 0. The molecule has 1 aromatic carbocycles. The number of nitrogens with one attached hydrogen (secondary N) is 1. The Balaban J connectivity index is 1.20. The van der Waals surface area contributed by atoms with Crippen molar-refractivity contribution >= 4 is 35.0 Å². The van der Waals surface area contributed by atoms with E-state index in [-0.39, 0.29) is 49.3 Å². The molecule has 1 aromatic heterocycles. The fourth-order valence-electron chi connectivity index (χ4n) is 12.5. The Bertz CT molecular complexity index is 2450. The second-order valence-electron chi connectivity index (χ2n) is 23.5. The molecule has 4 N–H and O–H groups in total. The number of aromatic nitrogens is 1. The fraction of sp³-hybridized carbons (Fsp3) is 0.772. The first kappa shape index (κ1) is 62.9. The minimum Gasteiger partial charge on any atom is -0.477 e. The summed E-state index contributed by atoms with van der Waals surface area (Å²) in [6, 6.07) is 4.80. The van der Waals surface area contributed by atoms with Crippen LogP contribution in [0.1, 0.15) is 131 Å². The van der Waals surface area contributed by atoms with Gasteiger partial charge in [-0.1, -0.05) is 26.8 Å². The van der Waals surface area contributed by atoms with Crippen LogP contribution < -0.4 is 10.7 Å². The van der Waals surface area contributed by atoms with Gasteiger partial charge in [0.2, 0.25) is 5.43 Å². The summed E-state index contributed by atoms with van der Waals surface area (Å²) in [5, 5.41) is 37.9. The molecular weight excluding hydrogens is 1010 g/mol. The van der Waals surface area contributed by atoms with Crippen LogP contribution in [0, 0.1) is 17.8 Å². The minimum atomic E-state index is -1.63. The number of benzene rings is 1. The van der Waals surface area contributed by atoms with Crippen molar-refractivity contribution < 1.29 is 77.1 Å². The molecule has 21 nitrogen and oxygen atoms in total. The number of rotatable bonds is 17. The summed E-state index contributed by atoms with van der Waals surface area (Å²) in [6.07, 6.45) is -6.32. The normalized spacial score (nSPS) is 37.4. The molecule has 0 bridgehead atoms. The van der Waals surface area contributed by atoms with Crippen molar-refractivity contribution in [1.29, 1.82) is 0 Å². The van der Waals surface area contributed by atoms with Crippen molar-refractivity contribution in [2.75, 3.05) is 47.9 Å². The second-order valence-corrected chi connectivity index (χ2v) is 23.5. The molecule has 2 aromatic rings. The van der Waals surface area contributed by atoms with Crippen LogP contribution in [0.3, 0.4) is 0 Å². The largest absolute Gasteiger partial charge is 0.509 e.